The first-order valence-corrected chi connectivity index (χ1v) is 8.72. The summed E-state index contributed by atoms with van der Waals surface area (Å²) in [6.07, 6.45) is 3.27. The number of anilines is 3. The minimum absolute atomic E-state index is 0.106. The Bertz CT molecular complexity index is 986. The monoisotopic (exact) mass is 400 g/mol. The third-order valence-corrected chi connectivity index (χ3v) is 4.00. The van der Waals surface area contributed by atoms with Gasteiger partial charge in [0.1, 0.15) is 11.5 Å². The Labute approximate surface area is 165 Å². The maximum Gasteiger partial charge on any atom is 0.292 e. The predicted molar refractivity (Wildman–Crippen MR) is 107 cm³/mol. The molecule has 2 aromatic heterocycles. The van der Waals surface area contributed by atoms with Gasteiger partial charge in [-0.05, 0) is 31.2 Å². The molecule has 1 atom stereocenters. The number of rotatable bonds is 7. The van der Waals surface area contributed by atoms with Crippen molar-refractivity contribution in [3.8, 4) is 11.3 Å². The Kier molecular flexibility index (Phi) is 5.97. The summed E-state index contributed by atoms with van der Waals surface area (Å²) in [7, 11) is 0. The van der Waals surface area contributed by atoms with E-state index < -0.39 is 4.92 Å². The summed E-state index contributed by atoms with van der Waals surface area (Å²) in [4.78, 5) is 23.6. The molecule has 0 bridgehead atoms. The second-order valence-corrected chi connectivity index (χ2v) is 6.41. The van der Waals surface area contributed by atoms with E-state index >= 15 is 0 Å². The highest BCUT2D eigenvalue weighted by Crippen LogP contribution is 2.31. The van der Waals surface area contributed by atoms with Crippen molar-refractivity contribution in [2.45, 2.75) is 13.0 Å². The van der Waals surface area contributed by atoms with Crippen LogP contribution in [-0.4, -0.2) is 37.6 Å². The zero-order valence-electron chi connectivity index (χ0n) is 14.8. The van der Waals surface area contributed by atoms with Crippen LogP contribution >= 0.6 is 11.6 Å². The molecular weight excluding hydrogens is 384 g/mol. The first-order valence-electron chi connectivity index (χ1n) is 8.34. The highest BCUT2D eigenvalue weighted by molar-refractivity contribution is 6.31. The molecule has 3 N–H and O–H groups in total. The molecule has 10 heteroatoms. The van der Waals surface area contributed by atoms with Gasteiger partial charge in [0, 0.05) is 41.2 Å². The number of nitro groups is 1. The minimum atomic E-state index is -0.503. The number of nitro benzene ring substituents is 1. The summed E-state index contributed by atoms with van der Waals surface area (Å²) in [6.45, 7) is 1.67. The molecule has 28 heavy (non-hydrogen) atoms. The van der Waals surface area contributed by atoms with Crippen molar-refractivity contribution in [1.29, 1.82) is 0 Å². The van der Waals surface area contributed by atoms with Gasteiger partial charge in [0.25, 0.3) is 5.69 Å². The summed E-state index contributed by atoms with van der Waals surface area (Å²) in [5.41, 5.74) is 1.45. The molecule has 0 unspecified atom stereocenters. The molecule has 3 rings (SSSR count). The van der Waals surface area contributed by atoms with Gasteiger partial charge in [0.05, 0.1) is 17.2 Å². The van der Waals surface area contributed by atoms with Crippen molar-refractivity contribution in [2.75, 3.05) is 17.2 Å². The highest BCUT2D eigenvalue weighted by atomic mass is 35.5. The number of nitrogens with one attached hydrogen (secondary N) is 2. The van der Waals surface area contributed by atoms with Gasteiger partial charge in [-0.25, -0.2) is 4.98 Å². The van der Waals surface area contributed by atoms with Gasteiger partial charge in [-0.3, -0.25) is 15.1 Å². The maximum atomic E-state index is 11.3. The number of benzene rings is 1. The zero-order valence-corrected chi connectivity index (χ0v) is 15.6. The largest absolute Gasteiger partial charge is 0.394 e. The van der Waals surface area contributed by atoms with Crippen molar-refractivity contribution in [2.24, 2.45) is 0 Å². The number of nitrogens with zero attached hydrogens (tertiary/aromatic N) is 4. The van der Waals surface area contributed by atoms with E-state index in [4.69, 9.17) is 11.6 Å². The van der Waals surface area contributed by atoms with Gasteiger partial charge in [-0.2, -0.15) is 4.98 Å². The lowest BCUT2D eigenvalue weighted by Crippen LogP contribution is -2.21. The Balaban J connectivity index is 2.04. The van der Waals surface area contributed by atoms with E-state index in [1.807, 2.05) is 0 Å². The van der Waals surface area contributed by atoms with Gasteiger partial charge < -0.3 is 15.7 Å². The Morgan fingerprint density at radius 3 is 2.64 bits per heavy atom. The molecule has 3 aromatic rings. The smallest absolute Gasteiger partial charge is 0.292 e. The highest BCUT2D eigenvalue weighted by Gasteiger charge is 2.16. The van der Waals surface area contributed by atoms with Gasteiger partial charge in [-0.1, -0.05) is 11.6 Å². The molecule has 0 fully saturated rings. The van der Waals surface area contributed by atoms with Crippen molar-refractivity contribution < 1.29 is 10.0 Å². The van der Waals surface area contributed by atoms with Crippen LogP contribution in [0, 0.1) is 10.1 Å². The SMILES string of the molecule is C[C@H](CO)Nc1nc(Nc2cc(Cl)ccc2[N+](=O)[O-])cc(-c2ccncc2)n1. The van der Waals surface area contributed by atoms with Crippen LogP contribution < -0.4 is 10.6 Å². The third-order valence-electron chi connectivity index (χ3n) is 3.77. The number of halogens is 1. The number of pyridine rings is 1. The summed E-state index contributed by atoms with van der Waals surface area (Å²) < 4.78 is 0. The van der Waals surface area contributed by atoms with Gasteiger partial charge >= 0.3 is 0 Å². The Morgan fingerprint density at radius 1 is 1.21 bits per heavy atom. The van der Waals surface area contributed by atoms with Crippen LogP contribution in [0.3, 0.4) is 0 Å². The van der Waals surface area contributed by atoms with E-state index in [2.05, 4.69) is 25.6 Å². The summed E-state index contributed by atoms with van der Waals surface area (Å²) in [5, 5.41) is 26.9. The lowest BCUT2D eigenvalue weighted by atomic mass is 10.2. The number of hydrogen-bond acceptors (Lipinski definition) is 8. The second kappa shape index (κ2) is 8.59. The molecular formula is C18H17ClN6O3. The molecule has 0 aliphatic carbocycles. The Hall–Kier alpha value is -3.30. The third kappa shape index (κ3) is 4.70. The lowest BCUT2D eigenvalue weighted by Gasteiger charge is -2.14. The zero-order chi connectivity index (χ0) is 20.1. The van der Waals surface area contributed by atoms with Gasteiger partial charge in [0.15, 0.2) is 0 Å². The van der Waals surface area contributed by atoms with E-state index in [0.717, 1.165) is 5.56 Å². The topological polar surface area (TPSA) is 126 Å². The van der Waals surface area contributed by atoms with E-state index in [9.17, 15) is 15.2 Å². The number of aliphatic hydroxyl groups excluding tert-OH is 1. The van der Waals surface area contributed by atoms with Crippen LogP contribution in [0.4, 0.5) is 23.1 Å². The predicted octanol–water partition coefficient (Wildman–Crippen LogP) is 3.64. The summed E-state index contributed by atoms with van der Waals surface area (Å²) in [5.74, 6) is 0.600. The van der Waals surface area contributed by atoms with Crippen LogP contribution in [0.5, 0.6) is 0 Å². The molecule has 0 aliphatic rings. The van der Waals surface area contributed by atoms with Gasteiger partial charge in [-0.15, -0.1) is 0 Å². The van der Waals surface area contributed by atoms with Crippen molar-refractivity contribution in [3.05, 3.63) is 63.9 Å². The fraction of sp³-hybridized carbons (Fsp3) is 0.167. The fourth-order valence-corrected chi connectivity index (χ4v) is 2.59. The van der Waals surface area contributed by atoms with Crippen LogP contribution in [-0.2, 0) is 0 Å². The molecule has 0 spiro atoms. The molecule has 1 aromatic carbocycles. The van der Waals surface area contributed by atoms with Crippen LogP contribution in [0.1, 0.15) is 6.92 Å². The average molecular weight is 401 g/mol. The molecule has 2 heterocycles. The Morgan fingerprint density at radius 2 is 1.96 bits per heavy atom. The number of aliphatic hydroxyl groups is 1. The first-order chi connectivity index (χ1) is 13.5. The maximum absolute atomic E-state index is 11.3. The van der Waals surface area contributed by atoms with E-state index in [1.165, 1.54) is 18.2 Å². The summed E-state index contributed by atoms with van der Waals surface area (Å²) >= 11 is 5.99. The van der Waals surface area contributed by atoms with Crippen LogP contribution in [0.2, 0.25) is 5.02 Å². The number of aromatic nitrogens is 3. The molecule has 0 radical (unpaired) electrons. The normalized spacial score (nSPS) is 11.7. The fourth-order valence-electron chi connectivity index (χ4n) is 2.42. The van der Waals surface area contributed by atoms with E-state index in [0.29, 0.717) is 16.5 Å². The molecule has 0 saturated carbocycles. The van der Waals surface area contributed by atoms with Crippen molar-refractivity contribution in [1.82, 2.24) is 15.0 Å². The molecule has 0 aliphatic heterocycles. The van der Waals surface area contributed by atoms with Gasteiger partial charge in [0.2, 0.25) is 5.95 Å². The quantitative estimate of drug-likeness (QED) is 0.405. The lowest BCUT2D eigenvalue weighted by molar-refractivity contribution is -0.383. The van der Waals surface area contributed by atoms with Crippen molar-refractivity contribution in [3.63, 3.8) is 0 Å². The molecule has 0 saturated heterocycles. The minimum Gasteiger partial charge on any atom is -0.394 e. The standard InChI is InChI=1S/C18H17ClN6O3/c1-11(10-26)21-18-23-14(12-4-6-20-7-5-12)9-17(24-18)22-15-8-13(19)2-3-16(15)25(27)28/h2-9,11,26H,10H2,1H3,(H2,21,22,23,24)/t11-/m1/s1. The molecule has 0 amide bonds. The molecule has 144 valence electrons. The molecule has 9 nitrogen and oxygen atoms in total. The van der Waals surface area contributed by atoms with Crippen molar-refractivity contribution >= 4 is 34.7 Å². The first kappa shape index (κ1) is 19.5. The van der Waals surface area contributed by atoms with Crippen LogP contribution in [0.15, 0.2) is 48.8 Å². The van der Waals surface area contributed by atoms with E-state index in [-0.39, 0.29) is 30.0 Å². The van der Waals surface area contributed by atoms with Crippen LogP contribution in [0.25, 0.3) is 11.3 Å². The van der Waals surface area contributed by atoms with E-state index in [1.54, 1.807) is 37.5 Å². The second-order valence-electron chi connectivity index (χ2n) is 5.97. The average Bonchev–Trinajstić information content (AvgIpc) is 2.68. The summed E-state index contributed by atoms with van der Waals surface area (Å²) in [6, 6.07) is 9.18. The number of hydrogen-bond donors (Lipinski definition) is 3.